The third-order valence-corrected chi connectivity index (χ3v) is 4.99. The molecule has 1 saturated heterocycles. The number of morpholine rings is 1. The normalized spacial score (nSPS) is 14.7. The summed E-state index contributed by atoms with van der Waals surface area (Å²) in [6.45, 7) is 3.73. The van der Waals surface area contributed by atoms with Gasteiger partial charge in [0.1, 0.15) is 12.4 Å². The molecule has 0 saturated carbocycles. The maximum atomic E-state index is 6.19. The van der Waals surface area contributed by atoms with E-state index in [0.29, 0.717) is 6.61 Å². The molecule has 0 spiro atoms. The second-order valence-corrected chi connectivity index (χ2v) is 6.75. The molecule has 0 bridgehead atoms. The fourth-order valence-corrected chi connectivity index (χ4v) is 3.58. The summed E-state index contributed by atoms with van der Waals surface area (Å²) in [6.07, 6.45) is 0. The van der Waals surface area contributed by atoms with Crippen molar-refractivity contribution in [3.05, 3.63) is 66.2 Å². The van der Waals surface area contributed by atoms with E-state index in [1.54, 1.807) is 0 Å². The third kappa shape index (κ3) is 3.11. The first kappa shape index (κ1) is 16.1. The molecule has 5 rings (SSSR count). The molecular weight excluding hydrogens is 338 g/mol. The molecule has 0 radical (unpaired) electrons. The molecule has 5 nitrogen and oxygen atoms in total. The molecule has 1 aromatic heterocycles. The van der Waals surface area contributed by atoms with Gasteiger partial charge in [-0.2, -0.15) is 0 Å². The maximum Gasteiger partial charge on any atom is 0.204 e. The Hall–Kier alpha value is -3.05. The Labute approximate surface area is 157 Å². The summed E-state index contributed by atoms with van der Waals surface area (Å²) in [4.78, 5) is 10.6. The van der Waals surface area contributed by atoms with Crippen molar-refractivity contribution >= 4 is 27.8 Å². The van der Waals surface area contributed by atoms with E-state index in [1.807, 2.05) is 30.3 Å². The lowest BCUT2D eigenvalue weighted by Gasteiger charge is -2.26. The molecule has 1 fully saturated rings. The van der Waals surface area contributed by atoms with Crippen LogP contribution in [-0.4, -0.2) is 36.3 Å². The summed E-state index contributed by atoms with van der Waals surface area (Å²) >= 11 is 0. The molecule has 0 unspecified atom stereocenters. The topological polar surface area (TPSA) is 50.4 Å². The SMILES string of the molecule is c1ccc(COc2cc3[nH]c(N4CCOCC4)nc3c3ccccc23)cc1. The van der Waals surface area contributed by atoms with Crippen LogP contribution < -0.4 is 9.64 Å². The average Bonchev–Trinajstić information content (AvgIpc) is 3.18. The molecule has 0 amide bonds. The smallest absolute Gasteiger partial charge is 0.204 e. The van der Waals surface area contributed by atoms with E-state index in [4.69, 9.17) is 14.5 Å². The highest BCUT2D eigenvalue weighted by molar-refractivity contribution is 6.07. The van der Waals surface area contributed by atoms with Crippen LogP contribution in [0, 0.1) is 0 Å². The Morgan fingerprint density at radius 1 is 0.963 bits per heavy atom. The van der Waals surface area contributed by atoms with Gasteiger partial charge in [-0.05, 0) is 5.56 Å². The number of fused-ring (bicyclic) bond motifs is 3. The van der Waals surface area contributed by atoms with Crippen LogP contribution in [0.3, 0.4) is 0 Å². The van der Waals surface area contributed by atoms with Crippen LogP contribution >= 0.6 is 0 Å². The van der Waals surface area contributed by atoms with Crippen molar-refractivity contribution in [1.29, 1.82) is 0 Å². The van der Waals surface area contributed by atoms with Gasteiger partial charge >= 0.3 is 0 Å². The number of ether oxygens (including phenoxy) is 2. The van der Waals surface area contributed by atoms with Crippen LogP contribution in [0.15, 0.2) is 60.7 Å². The number of rotatable bonds is 4. The first-order valence-electron chi connectivity index (χ1n) is 9.29. The van der Waals surface area contributed by atoms with E-state index in [2.05, 4.69) is 40.2 Å². The Bertz CT molecular complexity index is 1070. The number of nitrogens with one attached hydrogen (secondary N) is 1. The summed E-state index contributed by atoms with van der Waals surface area (Å²) in [5.74, 6) is 1.78. The van der Waals surface area contributed by atoms with Crippen LogP contribution in [0.4, 0.5) is 5.95 Å². The lowest BCUT2D eigenvalue weighted by molar-refractivity contribution is 0.122. The van der Waals surface area contributed by atoms with Gasteiger partial charge in [0.05, 0.1) is 24.2 Å². The van der Waals surface area contributed by atoms with Crippen molar-refractivity contribution in [2.75, 3.05) is 31.2 Å². The lowest BCUT2D eigenvalue weighted by atomic mass is 10.1. The molecule has 2 heterocycles. The molecule has 0 atom stereocenters. The van der Waals surface area contributed by atoms with Crippen LogP contribution in [0.5, 0.6) is 5.75 Å². The molecule has 27 heavy (non-hydrogen) atoms. The Morgan fingerprint density at radius 2 is 1.70 bits per heavy atom. The van der Waals surface area contributed by atoms with Gasteiger partial charge in [-0.25, -0.2) is 4.98 Å². The molecule has 1 N–H and O–H groups in total. The van der Waals surface area contributed by atoms with Gasteiger partial charge in [0.15, 0.2) is 0 Å². The Morgan fingerprint density at radius 3 is 2.52 bits per heavy atom. The number of imidazole rings is 1. The number of hydrogen-bond acceptors (Lipinski definition) is 4. The predicted octanol–water partition coefficient (Wildman–Crippen LogP) is 4.13. The minimum atomic E-state index is 0.542. The van der Waals surface area contributed by atoms with E-state index >= 15 is 0 Å². The summed E-state index contributed by atoms with van der Waals surface area (Å²) in [6, 6.07) is 20.6. The summed E-state index contributed by atoms with van der Waals surface area (Å²) in [5.41, 5.74) is 3.14. The van der Waals surface area contributed by atoms with E-state index in [-0.39, 0.29) is 0 Å². The van der Waals surface area contributed by atoms with Gasteiger partial charge in [0, 0.05) is 29.9 Å². The summed E-state index contributed by atoms with van der Waals surface area (Å²) < 4.78 is 11.6. The molecule has 0 aliphatic carbocycles. The van der Waals surface area contributed by atoms with Crippen LogP contribution in [-0.2, 0) is 11.3 Å². The number of aromatic amines is 1. The van der Waals surface area contributed by atoms with Crippen molar-refractivity contribution in [2.24, 2.45) is 0 Å². The fraction of sp³-hybridized carbons (Fsp3) is 0.227. The quantitative estimate of drug-likeness (QED) is 0.595. The van der Waals surface area contributed by atoms with Crippen molar-refractivity contribution in [2.45, 2.75) is 6.61 Å². The summed E-state index contributed by atoms with van der Waals surface area (Å²) in [5, 5.41) is 2.19. The lowest BCUT2D eigenvalue weighted by Crippen LogP contribution is -2.36. The van der Waals surface area contributed by atoms with E-state index in [0.717, 1.165) is 65.4 Å². The van der Waals surface area contributed by atoms with Crippen LogP contribution in [0.2, 0.25) is 0 Å². The van der Waals surface area contributed by atoms with Gasteiger partial charge in [0.2, 0.25) is 5.95 Å². The number of hydrogen-bond donors (Lipinski definition) is 1. The van der Waals surface area contributed by atoms with E-state index < -0.39 is 0 Å². The zero-order valence-corrected chi connectivity index (χ0v) is 15.0. The van der Waals surface area contributed by atoms with E-state index in [9.17, 15) is 0 Å². The second kappa shape index (κ2) is 6.93. The molecule has 5 heteroatoms. The number of nitrogens with zero attached hydrogens (tertiary/aromatic N) is 2. The van der Waals surface area contributed by atoms with Crippen molar-refractivity contribution in [3.63, 3.8) is 0 Å². The van der Waals surface area contributed by atoms with Gasteiger partial charge in [-0.1, -0.05) is 54.6 Å². The highest BCUT2D eigenvalue weighted by Crippen LogP contribution is 2.34. The van der Waals surface area contributed by atoms with Crippen LogP contribution in [0.1, 0.15) is 5.56 Å². The minimum Gasteiger partial charge on any atom is -0.488 e. The molecule has 4 aromatic rings. The highest BCUT2D eigenvalue weighted by Gasteiger charge is 2.17. The average molecular weight is 359 g/mol. The first-order chi connectivity index (χ1) is 13.4. The molecule has 3 aromatic carbocycles. The van der Waals surface area contributed by atoms with Gasteiger partial charge in [-0.3, -0.25) is 0 Å². The largest absolute Gasteiger partial charge is 0.488 e. The number of aromatic nitrogens is 2. The molecule has 136 valence electrons. The molecule has 1 aliphatic heterocycles. The second-order valence-electron chi connectivity index (χ2n) is 6.75. The zero-order valence-electron chi connectivity index (χ0n) is 15.0. The fourth-order valence-electron chi connectivity index (χ4n) is 3.58. The van der Waals surface area contributed by atoms with Crippen molar-refractivity contribution in [3.8, 4) is 5.75 Å². The van der Waals surface area contributed by atoms with Crippen LogP contribution in [0.25, 0.3) is 21.8 Å². The molecule has 1 aliphatic rings. The number of benzene rings is 3. The zero-order chi connectivity index (χ0) is 18.1. The third-order valence-electron chi connectivity index (χ3n) is 4.99. The number of anilines is 1. The van der Waals surface area contributed by atoms with Gasteiger partial charge in [0.25, 0.3) is 0 Å². The van der Waals surface area contributed by atoms with Crippen molar-refractivity contribution < 1.29 is 9.47 Å². The minimum absolute atomic E-state index is 0.542. The Balaban J connectivity index is 1.55. The Kier molecular flexibility index (Phi) is 4.14. The maximum absolute atomic E-state index is 6.19. The standard InChI is InChI=1S/C22H21N3O2/c1-2-6-16(7-3-1)15-27-20-14-19-21(18-9-5-4-8-17(18)20)24-22(23-19)25-10-12-26-13-11-25/h1-9,14H,10-13,15H2,(H,23,24). The van der Waals surface area contributed by atoms with Gasteiger partial charge < -0.3 is 19.4 Å². The van der Waals surface area contributed by atoms with Crippen molar-refractivity contribution in [1.82, 2.24) is 9.97 Å². The predicted molar refractivity (Wildman–Crippen MR) is 107 cm³/mol. The highest BCUT2D eigenvalue weighted by atomic mass is 16.5. The summed E-state index contributed by atoms with van der Waals surface area (Å²) in [7, 11) is 0. The van der Waals surface area contributed by atoms with Gasteiger partial charge in [-0.15, -0.1) is 0 Å². The number of H-pyrrole nitrogens is 1. The first-order valence-corrected chi connectivity index (χ1v) is 9.29. The molecular formula is C22H21N3O2. The van der Waals surface area contributed by atoms with E-state index in [1.165, 1.54) is 0 Å². The monoisotopic (exact) mass is 359 g/mol.